The molecule has 0 unspecified atom stereocenters. The van der Waals surface area contributed by atoms with Gasteiger partial charge in [0.25, 0.3) is 5.91 Å². The van der Waals surface area contributed by atoms with Gasteiger partial charge in [-0.2, -0.15) is 0 Å². The highest BCUT2D eigenvalue weighted by Gasteiger charge is 2.25. The number of hydrogen-bond acceptors (Lipinski definition) is 4. The van der Waals surface area contributed by atoms with Crippen molar-refractivity contribution in [2.45, 2.75) is 12.8 Å². The van der Waals surface area contributed by atoms with Gasteiger partial charge in [-0.3, -0.25) is 9.10 Å². The summed E-state index contributed by atoms with van der Waals surface area (Å²) in [5.74, 6) is 0.238. The summed E-state index contributed by atoms with van der Waals surface area (Å²) in [4.78, 5) is 16.2. The van der Waals surface area contributed by atoms with Crippen LogP contribution in [-0.4, -0.2) is 31.6 Å². The predicted octanol–water partition coefficient (Wildman–Crippen LogP) is 2.92. The second-order valence-corrected chi connectivity index (χ2v) is 7.91. The first-order chi connectivity index (χ1) is 11.5. The monoisotopic (exact) mass is 365 g/mol. The minimum Gasteiger partial charge on any atom is -0.307 e. The van der Waals surface area contributed by atoms with Gasteiger partial charge in [-0.15, -0.1) is 0 Å². The molecule has 0 radical (unpaired) electrons. The van der Waals surface area contributed by atoms with E-state index < -0.39 is 10.0 Å². The Morgan fingerprint density at radius 3 is 2.50 bits per heavy atom. The summed E-state index contributed by atoms with van der Waals surface area (Å²) in [5, 5.41) is 3.15. The lowest BCUT2D eigenvalue weighted by molar-refractivity contribution is 0.102. The fourth-order valence-corrected chi connectivity index (χ4v) is 4.25. The molecule has 24 heavy (non-hydrogen) atoms. The number of carbonyl (C=O) groups is 1. The van der Waals surface area contributed by atoms with E-state index in [0.29, 0.717) is 35.1 Å². The van der Waals surface area contributed by atoms with Crippen molar-refractivity contribution >= 4 is 39.0 Å². The average Bonchev–Trinajstić information content (AvgIpc) is 2.57. The maximum absolute atomic E-state index is 12.2. The number of anilines is 2. The number of hydrogen-bond donors (Lipinski definition) is 1. The van der Waals surface area contributed by atoms with E-state index in [2.05, 4.69) is 10.3 Å². The predicted molar refractivity (Wildman–Crippen MR) is 94.0 cm³/mol. The summed E-state index contributed by atoms with van der Waals surface area (Å²) in [6.45, 7) is 0.475. The van der Waals surface area contributed by atoms with Gasteiger partial charge in [-0.25, -0.2) is 13.4 Å². The van der Waals surface area contributed by atoms with E-state index in [4.69, 9.17) is 11.6 Å². The van der Waals surface area contributed by atoms with Crippen molar-refractivity contribution in [3.05, 3.63) is 53.2 Å². The van der Waals surface area contributed by atoms with Crippen LogP contribution in [0.25, 0.3) is 0 Å². The van der Waals surface area contributed by atoms with Crippen LogP contribution in [0, 0.1) is 0 Å². The smallest absolute Gasteiger partial charge is 0.256 e. The Morgan fingerprint density at radius 2 is 1.88 bits per heavy atom. The first kappa shape index (κ1) is 16.7. The van der Waals surface area contributed by atoms with E-state index in [1.54, 1.807) is 36.4 Å². The average molecular weight is 366 g/mol. The maximum Gasteiger partial charge on any atom is 0.256 e. The van der Waals surface area contributed by atoms with Gasteiger partial charge in [-0.1, -0.05) is 11.6 Å². The van der Waals surface area contributed by atoms with Crippen molar-refractivity contribution in [2.24, 2.45) is 0 Å². The molecule has 2 aromatic rings. The molecule has 1 fully saturated rings. The number of halogens is 1. The lowest BCUT2D eigenvalue weighted by atomic mass is 10.2. The lowest BCUT2D eigenvalue weighted by Gasteiger charge is -2.28. The van der Waals surface area contributed by atoms with Crippen molar-refractivity contribution in [3.63, 3.8) is 0 Å². The quantitative estimate of drug-likeness (QED) is 0.906. The minimum atomic E-state index is -3.25. The Hall–Kier alpha value is -2.12. The molecule has 2 heterocycles. The molecule has 8 heteroatoms. The Labute approximate surface area is 145 Å². The largest absolute Gasteiger partial charge is 0.307 e. The zero-order valence-electron chi connectivity index (χ0n) is 12.8. The molecule has 3 rings (SSSR count). The fourth-order valence-electron chi connectivity index (χ4n) is 2.50. The Balaban J connectivity index is 1.74. The molecule has 0 bridgehead atoms. The van der Waals surface area contributed by atoms with Gasteiger partial charge in [0.15, 0.2) is 0 Å². The molecule has 0 atom stereocenters. The van der Waals surface area contributed by atoms with Crippen LogP contribution in [-0.2, 0) is 10.0 Å². The molecule has 1 aliphatic rings. The molecular weight excluding hydrogens is 350 g/mol. The maximum atomic E-state index is 12.2. The highest BCUT2D eigenvalue weighted by Crippen LogP contribution is 2.24. The number of sulfonamides is 1. The number of pyridine rings is 1. The van der Waals surface area contributed by atoms with Gasteiger partial charge >= 0.3 is 0 Å². The number of carbonyl (C=O) groups excluding carboxylic acids is 1. The Kier molecular flexibility index (Phi) is 4.73. The Bertz CT molecular complexity index is 836. The Morgan fingerprint density at radius 1 is 1.12 bits per heavy atom. The molecule has 0 spiro atoms. The SMILES string of the molecule is O=C(Nc1ccc(Cl)cn1)c1ccc(N2CCCCS2(=O)=O)cc1. The van der Waals surface area contributed by atoms with Crippen molar-refractivity contribution in [2.75, 3.05) is 21.9 Å². The summed E-state index contributed by atoms with van der Waals surface area (Å²) < 4.78 is 25.6. The van der Waals surface area contributed by atoms with E-state index in [9.17, 15) is 13.2 Å². The summed E-state index contributed by atoms with van der Waals surface area (Å²) in [6.07, 6.45) is 2.97. The van der Waals surface area contributed by atoms with Crippen LogP contribution < -0.4 is 9.62 Å². The van der Waals surface area contributed by atoms with Crippen LogP contribution in [0.4, 0.5) is 11.5 Å². The lowest BCUT2D eigenvalue weighted by Crippen LogP contribution is -2.37. The van der Waals surface area contributed by atoms with Crippen molar-refractivity contribution in [1.29, 1.82) is 0 Å². The molecule has 1 N–H and O–H groups in total. The molecule has 1 amide bonds. The number of aromatic nitrogens is 1. The molecule has 1 aromatic carbocycles. The van der Waals surface area contributed by atoms with Gasteiger partial charge in [0, 0.05) is 18.3 Å². The summed E-state index contributed by atoms with van der Waals surface area (Å²) in [5.41, 5.74) is 1.00. The molecule has 126 valence electrons. The third-order valence-corrected chi connectivity index (χ3v) is 5.83. The van der Waals surface area contributed by atoms with Crippen molar-refractivity contribution < 1.29 is 13.2 Å². The number of benzene rings is 1. The molecule has 1 saturated heterocycles. The van der Waals surface area contributed by atoms with Crippen LogP contribution in [0.5, 0.6) is 0 Å². The molecule has 6 nitrogen and oxygen atoms in total. The number of nitrogens with zero attached hydrogens (tertiary/aromatic N) is 2. The van der Waals surface area contributed by atoms with Gasteiger partial charge in [0.1, 0.15) is 5.82 Å². The molecular formula is C16H16ClN3O3S. The van der Waals surface area contributed by atoms with Crippen molar-refractivity contribution in [3.8, 4) is 0 Å². The zero-order valence-corrected chi connectivity index (χ0v) is 14.3. The molecule has 0 aliphatic carbocycles. The van der Waals surface area contributed by atoms with E-state index in [0.717, 1.165) is 6.42 Å². The van der Waals surface area contributed by atoms with E-state index >= 15 is 0 Å². The molecule has 0 saturated carbocycles. The van der Waals surface area contributed by atoms with Crippen LogP contribution in [0.2, 0.25) is 5.02 Å². The second kappa shape index (κ2) is 6.78. The normalized spacial score (nSPS) is 16.6. The van der Waals surface area contributed by atoms with Gasteiger partial charge in [0.2, 0.25) is 10.0 Å². The second-order valence-electron chi connectivity index (χ2n) is 5.46. The van der Waals surface area contributed by atoms with Gasteiger partial charge < -0.3 is 5.32 Å². The summed E-state index contributed by atoms with van der Waals surface area (Å²) in [6, 6.07) is 9.74. The molecule has 1 aliphatic heterocycles. The first-order valence-electron chi connectivity index (χ1n) is 7.49. The van der Waals surface area contributed by atoms with Gasteiger partial charge in [0.05, 0.1) is 16.5 Å². The van der Waals surface area contributed by atoms with E-state index in [1.165, 1.54) is 10.5 Å². The summed E-state index contributed by atoms with van der Waals surface area (Å²) in [7, 11) is -3.25. The third-order valence-electron chi connectivity index (χ3n) is 3.74. The fraction of sp³-hybridized carbons (Fsp3) is 0.250. The zero-order chi connectivity index (χ0) is 17.2. The topological polar surface area (TPSA) is 79.4 Å². The van der Waals surface area contributed by atoms with Crippen LogP contribution >= 0.6 is 11.6 Å². The van der Waals surface area contributed by atoms with Crippen molar-refractivity contribution in [1.82, 2.24) is 4.98 Å². The third kappa shape index (κ3) is 3.68. The van der Waals surface area contributed by atoms with Crippen LogP contribution in [0.1, 0.15) is 23.2 Å². The van der Waals surface area contributed by atoms with E-state index in [1.807, 2.05) is 0 Å². The first-order valence-corrected chi connectivity index (χ1v) is 9.48. The highest BCUT2D eigenvalue weighted by atomic mass is 35.5. The van der Waals surface area contributed by atoms with Gasteiger partial charge in [-0.05, 0) is 49.2 Å². The summed E-state index contributed by atoms with van der Waals surface area (Å²) >= 11 is 5.75. The van der Waals surface area contributed by atoms with Crippen LogP contribution in [0.3, 0.4) is 0 Å². The molecule has 1 aromatic heterocycles. The minimum absolute atomic E-state index is 0.164. The van der Waals surface area contributed by atoms with Crippen LogP contribution in [0.15, 0.2) is 42.6 Å². The standard InChI is InChI=1S/C16H16ClN3O3S/c17-13-5-8-15(18-11-13)19-16(21)12-3-6-14(7-4-12)20-9-1-2-10-24(20,22)23/h3-8,11H,1-2,9-10H2,(H,18,19,21). The number of rotatable bonds is 3. The number of nitrogens with one attached hydrogen (secondary N) is 1. The van der Waals surface area contributed by atoms with E-state index in [-0.39, 0.29) is 11.7 Å². The highest BCUT2D eigenvalue weighted by molar-refractivity contribution is 7.92. The number of amides is 1.